The smallest absolute Gasteiger partial charge is 0.260 e. The van der Waals surface area contributed by atoms with Gasteiger partial charge in [0.15, 0.2) is 50.8 Å². The summed E-state index contributed by atoms with van der Waals surface area (Å²) in [6.07, 6.45) is -22.4. The van der Waals surface area contributed by atoms with Gasteiger partial charge in [-0.15, -0.1) is 0 Å². The summed E-state index contributed by atoms with van der Waals surface area (Å²) in [7, 11) is 0. The normalized spacial score (nSPS) is 43.1. The molecule has 3 unspecified atom stereocenters. The first-order valence-electron chi connectivity index (χ1n) is 17.9. The summed E-state index contributed by atoms with van der Waals surface area (Å²) in [5, 5.41) is 132. The molecule has 6 rings (SSSR count). The zero-order chi connectivity index (χ0) is 42.8. The summed E-state index contributed by atoms with van der Waals surface area (Å²) in [5.41, 5.74) is -7.00. The van der Waals surface area contributed by atoms with Crippen molar-refractivity contribution in [1.29, 1.82) is 0 Å². The first kappa shape index (κ1) is 45.0. The second-order valence-corrected chi connectivity index (χ2v) is 15.7. The van der Waals surface area contributed by atoms with Gasteiger partial charge in [-0.05, 0) is 36.7 Å². The molecule has 15 N–H and O–H groups in total. The minimum atomic E-state index is -2.33. The van der Waals surface area contributed by atoms with Crippen LogP contribution < -0.4 is 16.0 Å². The maximum absolute atomic E-state index is 13.9. The maximum atomic E-state index is 13.9. The highest BCUT2D eigenvalue weighted by Gasteiger charge is 2.68. The highest BCUT2D eigenvalue weighted by Crippen LogP contribution is 2.37. The zero-order valence-corrected chi connectivity index (χ0v) is 32.6. The Morgan fingerprint density at radius 2 is 0.724 bits per heavy atom. The fraction of sp³-hybridized carbons (Fsp3) is 0.800. The maximum Gasteiger partial charge on any atom is 0.260 e. The summed E-state index contributed by atoms with van der Waals surface area (Å²) in [6.45, 7) is -3.99. The Morgan fingerprint density at radius 3 is 0.948 bits per heavy atom. The van der Waals surface area contributed by atoms with Crippen LogP contribution in [0.2, 0.25) is 0 Å². The van der Waals surface area contributed by atoms with Gasteiger partial charge in [0, 0.05) is 39.3 Å². The molecule has 6 aliphatic heterocycles. The number of aliphatic hydroxyl groups excluding tert-OH is 12. The number of hydrogen-bond donors (Lipinski definition) is 15. The van der Waals surface area contributed by atoms with E-state index < -0.39 is 128 Å². The van der Waals surface area contributed by atoms with Crippen molar-refractivity contribution in [2.24, 2.45) is 0 Å². The molecular formula is C30H45N7O18S3. The fourth-order valence-electron chi connectivity index (χ4n) is 8.20. The fourth-order valence-corrected chi connectivity index (χ4v) is 9.23. The van der Waals surface area contributed by atoms with Crippen LogP contribution >= 0.6 is 36.7 Å². The van der Waals surface area contributed by atoms with E-state index in [1.807, 2.05) is 0 Å². The number of thiocarbonyl (C=S) groups is 3. The molecule has 28 heteroatoms. The van der Waals surface area contributed by atoms with Crippen LogP contribution in [0.3, 0.4) is 0 Å². The zero-order valence-electron chi connectivity index (χ0n) is 30.1. The number of ether oxygens (including phenoxy) is 3. The van der Waals surface area contributed by atoms with Crippen molar-refractivity contribution >= 4 is 69.7 Å². The Morgan fingerprint density at radius 1 is 0.483 bits per heavy atom. The number of nitrogens with one attached hydrogen (secondary N) is 3. The van der Waals surface area contributed by atoms with Gasteiger partial charge in [-0.2, -0.15) is 0 Å². The van der Waals surface area contributed by atoms with Crippen LogP contribution in [0.5, 0.6) is 0 Å². The number of carbonyl (C=O) groups excluding carboxylic acids is 3. The summed E-state index contributed by atoms with van der Waals surface area (Å²) < 4.78 is 15.1. The van der Waals surface area contributed by atoms with E-state index >= 15 is 0 Å². The number of carbonyl (C=O) groups is 3. The topological polar surface area (TPSA) is 371 Å². The van der Waals surface area contributed by atoms with Gasteiger partial charge >= 0.3 is 0 Å². The Hall–Kier alpha value is -2.56. The molecule has 0 aliphatic carbocycles. The number of nitrogens with zero attached hydrogens (tertiary/aromatic N) is 4. The molecule has 6 aliphatic rings. The number of amides is 3. The Kier molecular flexibility index (Phi) is 13.0. The van der Waals surface area contributed by atoms with Gasteiger partial charge in [0.05, 0.1) is 19.8 Å². The quantitative estimate of drug-likeness (QED) is 0.0809. The van der Waals surface area contributed by atoms with Crippen molar-refractivity contribution in [2.45, 2.75) is 90.4 Å². The van der Waals surface area contributed by atoms with Crippen molar-refractivity contribution < 1.29 is 89.9 Å². The van der Waals surface area contributed by atoms with Crippen molar-refractivity contribution in [3.63, 3.8) is 0 Å². The molecule has 6 saturated heterocycles. The van der Waals surface area contributed by atoms with E-state index in [1.54, 1.807) is 4.90 Å². The van der Waals surface area contributed by atoms with Gasteiger partial charge < -0.3 is 91.4 Å². The largest absolute Gasteiger partial charge is 0.394 e. The molecule has 0 aromatic rings. The predicted octanol–water partition coefficient (Wildman–Crippen LogP) is -11.1. The Labute approximate surface area is 343 Å². The minimum absolute atomic E-state index is 0.173. The third-order valence-corrected chi connectivity index (χ3v) is 12.5. The van der Waals surface area contributed by atoms with Crippen LogP contribution in [0.4, 0.5) is 0 Å². The first-order chi connectivity index (χ1) is 27.3. The molecule has 0 radical (unpaired) electrons. The molecule has 0 saturated carbocycles. The third-order valence-electron chi connectivity index (χ3n) is 11.5. The first-order valence-corrected chi connectivity index (χ1v) is 19.1. The predicted molar refractivity (Wildman–Crippen MR) is 197 cm³/mol. The van der Waals surface area contributed by atoms with Gasteiger partial charge in [0.25, 0.3) is 17.7 Å². The standard InChI is InChI=1S/C30H45N7O18S3/c38-7-10-13(41)28(16(44)19(47)53-10)22(50)35(25(56)31-28)4-1-34(2-5-36-23(51)29(32-26(36)57)14(42)11(8-39)54-20(48)17(29)45)3-6-37-24(52)30(33-27(37)58)15(43)12(9-40)55-21(49)18(30)46/h10-21,38-49H,1-9H2,(H,31,56)(H,32,57)(H,33,58)/t10-,11-,12-,13-,14-,15-,16+,17+,18+,19?,20?,21?,28-,29-,30-/m1/s1. The van der Waals surface area contributed by atoms with Crippen molar-refractivity contribution in [3.05, 3.63) is 0 Å². The number of rotatable bonds is 12. The van der Waals surface area contributed by atoms with Crippen LogP contribution in [-0.2, 0) is 28.6 Å². The molecule has 6 fully saturated rings. The average Bonchev–Trinajstić information content (AvgIpc) is 3.71. The lowest BCUT2D eigenvalue weighted by Crippen LogP contribution is -2.74. The van der Waals surface area contributed by atoms with Crippen molar-refractivity contribution in [2.75, 3.05) is 59.1 Å². The van der Waals surface area contributed by atoms with E-state index in [4.69, 9.17) is 50.9 Å². The molecule has 0 aromatic heterocycles. The molecule has 25 nitrogen and oxygen atoms in total. The lowest BCUT2D eigenvalue weighted by Gasteiger charge is -2.45. The van der Waals surface area contributed by atoms with Crippen molar-refractivity contribution in [1.82, 2.24) is 35.6 Å². The van der Waals surface area contributed by atoms with Crippen LogP contribution in [0.25, 0.3) is 0 Å². The van der Waals surface area contributed by atoms with Crippen LogP contribution in [0, 0.1) is 0 Å². The minimum Gasteiger partial charge on any atom is -0.394 e. The van der Waals surface area contributed by atoms with E-state index in [0.717, 1.165) is 14.7 Å². The van der Waals surface area contributed by atoms with Gasteiger partial charge in [-0.25, -0.2) is 0 Å². The lowest BCUT2D eigenvalue weighted by molar-refractivity contribution is -0.277. The second-order valence-electron chi connectivity index (χ2n) is 14.5. The van der Waals surface area contributed by atoms with E-state index in [9.17, 15) is 75.7 Å². The lowest BCUT2D eigenvalue weighted by atomic mass is 9.80. The van der Waals surface area contributed by atoms with Gasteiger partial charge in [0.2, 0.25) is 0 Å². The molecule has 15 atom stereocenters. The van der Waals surface area contributed by atoms with Crippen LogP contribution in [0.15, 0.2) is 0 Å². The highest BCUT2D eigenvalue weighted by atomic mass is 32.1. The summed E-state index contributed by atoms with van der Waals surface area (Å²) >= 11 is 16.1. The molecular weight excluding hydrogens is 843 g/mol. The number of aliphatic hydroxyl groups is 12. The highest BCUT2D eigenvalue weighted by molar-refractivity contribution is 7.80. The molecule has 326 valence electrons. The molecule has 0 bridgehead atoms. The average molecular weight is 888 g/mol. The Bertz CT molecular complexity index is 1490. The van der Waals surface area contributed by atoms with Gasteiger partial charge in [-0.3, -0.25) is 34.0 Å². The third kappa shape index (κ3) is 6.76. The van der Waals surface area contributed by atoms with Crippen LogP contribution in [0.1, 0.15) is 0 Å². The van der Waals surface area contributed by atoms with E-state index in [-0.39, 0.29) is 54.6 Å². The van der Waals surface area contributed by atoms with Gasteiger partial charge in [-0.1, -0.05) is 0 Å². The van der Waals surface area contributed by atoms with Crippen molar-refractivity contribution in [3.8, 4) is 0 Å². The summed E-state index contributed by atoms with van der Waals surface area (Å²) in [4.78, 5) is 46.1. The molecule has 3 spiro atoms. The monoisotopic (exact) mass is 887 g/mol. The SMILES string of the molecule is O=C1N(CCN(CCN2C(=O)[C@@]3(NC2=S)[C@H](O)[C@@H](CO)OC(O)[C@@H]3O)CCN2C(=O)[C@@]3(NC2=S)[C@H](O)[C@@H](CO)OC(O)[C@@H]3O)C(=S)N[C@@]12[C@H](O)[C@@H](CO)OC(O)[C@@H]2O. The molecule has 0 aromatic carbocycles. The van der Waals surface area contributed by atoms with E-state index in [2.05, 4.69) is 16.0 Å². The molecule has 58 heavy (non-hydrogen) atoms. The molecule has 6 heterocycles. The summed E-state index contributed by atoms with van der Waals surface area (Å²) in [5.74, 6) is -3.00. The molecule has 3 amide bonds. The van der Waals surface area contributed by atoms with E-state index in [0.29, 0.717) is 0 Å². The number of hydrogen-bond acceptors (Lipinski definition) is 22. The summed E-state index contributed by atoms with van der Waals surface area (Å²) in [6, 6.07) is 0. The second kappa shape index (κ2) is 16.7. The van der Waals surface area contributed by atoms with E-state index in [1.165, 1.54) is 0 Å². The van der Waals surface area contributed by atoms with Gasteiger partial charge in [0.1, 0.15) is 54.9 Å². The Balaban J connectivity index is 1.23. The van der Waals surface area contributed by atoms with Crippen LogP contribution in [-0.4, -0.2) is 263 Å².